The molecule has 3 aromatic carbocycles. The molecule has 0 saturated heterocycles. The van der Waals surface area contributed by atoms with Gasteiger partial charge in [-0.2, -0.15) is 0 Å². The summed E-state index contributed by atoms with van der Waals surface area (Å²) < 4.78 is 16.6. The number of carboxylic acid groups (broad SMARTS) is 1. The summed E-state index contributed by atoms with van der Waals surface area (Å²) in [5.41, 5.74) is 1.41. The summed E-state index contributed by atoms with van der Waals surface area (Å²) in [7, 11) is 0. The molecule has 1 amide bonds. The zero-order chi connectivity index (χ0) is 20.9. The number of benzene rings is 3. The highest BCUT2D eigenvalue weighted by Crippen LogP contribution is 2.31. The second kappa shape index (κ2) is 8.57. The van der Waals surface area contributed by atoms with Gasteiger partial charge in [0, 0.05) is 5.56 Å². The average Bonchev–Trinajstić information content (AvgIpc) is 2.78. The molecule has 1 heterocycles. The van der Waals surface area contributed by atoms with Gasteiger partial charge in [0.05, 0.1) is 11.3 Å². The molecule has 0 saturated carbocycles. The van der Waals surface area contributed by atoms with E-state index in [1.165, 1.54) is 12.1 Å². The van der Waals surface area contributed by atoms with E-state index in [1.54, 1.807) is 24.3 Å². The number of hydrogen-bond acceptors (Lipinski definition) is 5. The lowest BCUT2D eigenvalue weighted by Gasteiger charge is -2.18. The van der Waals surface area contributed by atoms with Crippen molar-refractivity contribution in [2.24, 2.45) is 0 Å². The summed E-state index contributed by atoms with van der Waals surface area (Å²) in [4.78, 5) is 24.4. The second-order valence-electron chi connectivity index (χ2n) is 6.60. The van der Waals surface area contributed by atoms with Gasteiger partial charge in [-0.25, -0.2) is 4.79 Å². The number of carbonyl (C=O) groups is 2. The van der Waals surface area contributed by atoms with E-state index in [0.29, 0.717) is 42.6 Å². The molecule has 152 valence electrons. The molecule has 7 heteroatoms. The van der Waals surface area contributed by atoms with Gasteiger partial charge in [0.25, 0.3) is 5.91 Å². The van der Waals surface area contributed by atoms with Crippen molar-refractivity contribution in [3.05, 3.63) is 83.4 Å². The fourth-order valence-electron chi connectivity index (χ4n) is 3.02. The van der Waals surface area contributed by atoms with Crippen molar-refractivity contribution in [2.75, 3.05) is 18.5 Å². The molecule has 0 fully saturated rings. The highest BCUT2D eigenvalue weighted by Gasteiger charge is 2.18. The van der Waals surface area contributed by atoms with Gasteiger partial charge in [-0.3, -0.25) is 4.79 Å². The first-order valence-corrected chi connectivity index (χ1v) is 9.35. The monoisotopic (exact) mass is 405 g/mol. The standard InChI is InChI=1S/C23H19NO6/c25-22(16-6-9-20-21(12-16)29-11-10-28-20)24-19-8-7-17(13-18(19)23(26)27)30-14-15-4-2-1-3-5-15/h1-9,12-13H,10-11,14H2,(H,24,25)(H,26,27). The third-order valence-corrected chi connectivity index (χ3v) is 4.52. The molecular weight excluding hydrogens is 386 g/mol. The summed E-state index contributed by atoms with van der Waals surface area (Å²) in [6.45, 7) is 1.17. The van der Waals surface area contributed by atoms with Crippen LogP contribution in [0.3, 0.4) is 0 Å². The highest BCUT2D eigenvalue weighted by atomic mass is 16.6. The van der Waals surface area contributed by atoms with Crippen LogP contribution in [0.1, 0.15) is 26.3 Å². The fraction of sp³-hybridized carbons (Fsp3) is 0.130. The fourth-order valence-corrected chi connectivity index (χ4v) is 3.02. The molecule has 3 aromatic rings. The first kappa shape index (κ1) is 19.3. The maximum absolute atomic E-state index is 12.6. The van der Waals surface area contributed by atoms with E-state index < -0.39 is 11.9 Å². The molecule has 0 aliphatic carbocycles. The van der Waals surface area contributed by atoms with E-state index in [0.717, 1.165) is 5.56 Å². The molecule has 2 N–H and O–H groups in total. The molecule has 0 unspecified atom stereocenters. The number of anilines is 1. The van der Waals surface area contributed by atoms with E-state index in [2.05, 4.69) is 5.32 Å². The second-order valence-corrected chi connectivity index (χ2v) is 6.60. The van der Waals surface area contributed by atoms with Crippen molar-refractivity contribution in [1.29, 1.82) is 0 Å². The summed E-state index contributed by atoms with van der Waals surface area (Å²) in [5, 5.41) is 12.2. The van der Waals surface area contributed by atoms with Crippen molar-refractivity contribution in [3.63, 3.8) is 0 Å². The largest absolute Gasteiger partial charge is 0.489 e. The van der Waals surface area contributed by atoms with E-state index in [1.807, 2.05) is 30.3 Å². The Kier molecular flexibility index (Phi) is 5.52. The lowest BCUT2D eigenvalue weighted by atomic mass is 10.1. The molecule has 0 radical (unpaired) electrons. The summed E-state index contributed by atoms with van der Waals surface area (Å²) in [6.07, 6.45) is 0. The molecule has 0 bridgehead atoms. The minimum absolute atomic E-state index is 0.0635. The highest BCUT2D eigenvalue weighted by molar-refractivity contribution is 6.08. The van der Waals surface area contributed by atoms with Gasteiger partial charge in [0.15, 0.2) is 11.5 Å². The predicted octanol–water partition coefficient (Wildman–Crippen LogP) is 3.99. The lowest BCUT2D eigenvalue weighted by Crippen LogP contribution is -2.18. The van der Waals surface area contributed by atoms with Crippen molar-refractivity contribution in [2.45, 2.75) is 6.61 Å². The lowest BCUT2D eigenvalue weighted by molar-refractivity contribution is 0.0697. The van der Waals surface area contributed by atoms with E-state index in [-0.39, 0.29) is 11.3 Å². The molecule has 4 rings (SSSR count). The number of nitrogens with one attached hydrogen (secondary N) is 1. The molecule has 7 nitrogen and oxygen atoms in total. The summed E-state index contributed by atoms with van der Waals surface area (Å²) in [6, 6.07) is 18.9. The average molecular weight is 405 g/mol. The van der Waals surface area contributed by atoms with Gasteiger partial charge in [-0.1, -0.05) is 30.3 Å². The summed E-state index contributed by atoms with van der Waals surface area (Å²) in [5.74, 6) is -0.167. The quantitative estimate of drug-likeness (QED) is 0.644. The Morgan fingerprint density at radius 1 is 0.933 bits per heavy atom. The maximum Gasteiger partial charge on any atom is 0.337 e. The Hall–Kier alpha value is -4.00. The SMILES string of the molecule is O=C(Nc1ccc(OCc2ccccc2)cc1C(=O)O)c1ccc2c(c1)OCCO2. The molecule has 0 aromatic heterocycles. The van der Waals surface area contributed by atoms with Gasteiger partial charge >= 0.3 is 5.97 Å². The van der Waals surface area contributed by atoms with Crippen LogP contribution in [0, 0.1) is 0 Å². The Morgan fingerprint density at radius 2 is 1.70 bits per heavy atom. The number of ether oxygens (including phenoxy) is 3. The first-order valence-electron chi connectivity index (χ1n) is 9.35. The number of carbonyl (C=O) groups excluding carboxylic acids is 1. The van der Waals surface area contributed by atoms with E-state index in [4.69, 9.17) is 14.2 Å². The minimum atomic E-state index is -1.17. The number of rotatable bonds is 6. The normalized spacial score (nSPS) is 12.1. The van der Waals surface area contributed by atoms with Gasteiger partial charge in [0.2, 0.25) is 0 Å². The third kappa shape index (κ3) is 4.35. The summed E-state index contributed by atoms with van der Waals surface area (Å²) >= 11 is 0. The molecule has 1 aliphatic heterocycles. The van der Waals surface area contributed by atoms with Crippen LogP contribution >= 0.6 is 0 Å². The van der Waals surface area contributed by atoms with Crippen LogP contribution in [0.5, 0.6) is 17.2 Å². The maximum atomic E-state index is 12.6. The van der Waals surface area contributed by atoms with Crippen molar-refractivity contribution in [1.82, 2.24) is 0 Å². The van der Waals surface area contributed by atoms with Crippen LogP contribution in [0.4, 0.5) is 5.69 Å². The Balaban J connectivity index is 1.50. The zero-order valence-corrected chi connectivity index (χ0v) is 16.0. The van der Waals surface area contributed by atoms with Gasteiger partial charge in [-0.05, 0) is 42.0 Å². The van der Waals surface area contributed by atoms with Gasteiger partial charge in [-0.15, -0.1) is 0 Å². The van der Waals surface area contributed by atoms with Crippen LogP contribution < -0.4 is 19.5 Å². The molecule has 30 heavy (non-hydrogen) atoms. The minimum Gasteiger partial charge on any atom is -0.489 e. The predicted molar refractivity (Wildman–Crippen MR) is 110 cm³/mol. The molecule has 0 atom stereocenters. The third-order valence-electron chi connectivity index (χ3n) is 4.52. The van der Waals surface area contributed by atoms with Gasteiger partial charge in [0.1, 0.15) is 25.6 Å². The number of fused-ring (bicyclic) bond motifs is 1. The van der Waals surface area contributed by atoms with E-state index in [9.17, 15) is 14.7 Å². The van der Waals surface area contributed by atoms with Crippen LogP contribution in [-0.2, 0) is 6.61 Å². The molecule has 1 aliphatic rings. The number of aromatic carboxylic acids is 1. The van der Waals surface area contributed by atoms with Crippen LogP contribution in [-0.4, -0.2) is 30.2 Å². The Labute approximate surface area is 172 Å². The van der Waals surface area contributed by atoms with Crippen molar-refractivity contribution in [3.8, 4) is 17.2 Å². The Bertz CT molecular complexity index is 1080. The number of carboxylic acids is 1. The number of amides is 1. The smallest absolute Gasteiger partial charge is 0.337 e. The molecule has 0 spiro atoms. The van der Waals surface area contributed by atoms with Crippen LogP contribution in [0.15, 0.2) is 66.7 Å². The number of hydrogen-bond donors (Lipinski definition) is 2. The Morgan fingerprint density at radius 3 is 2.47 bits per heavy atom. The first-order chi connectivity index (χ1) is 14.6. The zero-order valence-electron chi connectivity index (χ0n) is 16.0. The van der Waals surface area contributed by atoms with Crippen LogP contribution in [0.2, 0.25) is 0 Å². The van der Waals surface area contributed by atoms with Gasteiger partial charge < -0.3 is 24.6 Å². The van der Waals surface area contributed by atoms with Crippen LogP contribution in [0.25, 0.3) is 0 Å². The topological polar surface area (TPSA) is 94.1 Å². The molecular formula is C23H19NO6. The van der Waals surface area contributed by atoms with Crippen molar-refractivity contribution >= 4 is 17.6 Å². The van der Waals surface area contributed by atoms with Crippen molar-refractivity contribution < 1.29 is 28.9 Å². The van der Waals surface area contributed by atoms with E-state index >= 15 is 0 Å².